The van der Waals surface area contributed by atoms with E-state index in [1.807, 2.05) is 13.8 Å². The zero-order valence-corrected chi connectivity index (χ0v) is 14.1. The maximum absolute atomic E-state index is 12.5. The molecule has 0 aliphatic carbocycles. The van der Waals surface area contributed by atoms with Crippen molar-refractivity contribution in [1.82, 2.24) is 14.5 Å². The molecule has 1 aliphatic heterocycles. The van der Waals surface area contributed by atoms with Crippen molar-refractivity contribution in [3.05, 3.63) is 35.7 Å². The summed E-state index contributed by atoms with van der Waals surface area (Å²) >= 11 is 0. The molecule has 3 rings (SSSR count). The summed E-state index contributed by atoms with van der Waals surface area (Å²) in [6.07, 6.45) is 1.56. The van der Waals surface area contributed by atoms with Crippen LogP contribution < -0.4 is 14.2 Å². The molecule has 0 saturated heterocycles. The van der Waals surface area contributed by atoms with Gasteiger partial charge in [-0.2, -0.15) is 5.10 Å². The predicted molar refractivity (Wildman–Crippen MR) is 83.9 cm³/mol. The van der Waals surface area contributed by atoms with Gasteiger partial charge in [-0.15, -0.1) is 0 Å². The van der Waals surface area contributed by atoms with Crippen LogP contribution in [0.1, 0.15) is 31.1 Å². The van der Waals surface area contributed by atoms with Crippen molar-refractivity contribution >= 4 is 10.0 Å². The average Bonchev–Trinajstić information content (AvgIpc) is 3.11. The molecule has 0 unspecified atom stereocenters. The van der Waals surface area contributed by atoms with E-state index in [9.17, 15) is 8.42 Å². The Kier molecular flexibility index (Phi) is 4.03. The van der Waals surface area contributed by atoms with Crippen molar-refractivity contribution < 1.29 is 17.9 Å². The van der Waals surface area contributed by atoms with Gasteiger partial charge in [-0.05, 0) is 38.5 Å². The van der Waals surface area contributed by atoms with E-state index in [0.29, 0.717) is 17.2 Å². The second-order valence-corrected chi connectivity index (χ2v) is 7.40. The molecule has 0 radical (unpaired) electrons. The lowest BCUT2D eigenvalue weighted by Crippen LogP contribution is -2.23. The van der Waals surface area contributed by atoms with E-state index in [4.69, 9.17) is 9.47 Å². The van der Waals surface area contributed by atoms with Crippen LogP contribution in [-0.2, 0) is 16.6 Å². The number of nitrogens with one attached hydrogen (secondary N) is 1. The molecule has 2 aromatic rings. The molecule has 0 atom stereocenters. The Morgan fingerprint density at radius 1 is 1.30 bits per heavy atom. The number of aromatic nitrogens is 2. The van der Waals surface area contributed by atoms with E-state index in [0.717, 1.165) is 5.56 Å². The van der Waals surface area contributed by atoms with E-state index in [-0.39, 0.29) is 24.3 Å². The summed E-state index contributed by atoms with van der Waals surface area (Å²) in [4.78, 5) is 0.201. The van der Waals surface area contributed by atoms with Crippen molar-refractivity contribution in [2.75, 3.05) is 6.79 Å². The highest BCUT2D eigenvalue weighted by Gasteiger charge is 2.21. The SMILES string of the molecule is Cc1nn(C(C)C)cc1S(=O)(=O)NCc1ccc2c(c1)OCO2. The van der Waals surface area contributed by atoms with E-state index in [2.05, 4.69) is 9.82 Å². The molecule has 1 aliphatic rings. The van der Waals surface area contributed by atoms with Gasteiger partial charge in [-0.25, -0.2) is 13.1 Å². The number of aryl methyl sites for hydroxylation is 1. The van der Waals surface area contributed by atoms with Gasteiger partial charge < -0.3 is 9.47 Å². The standard InChI is InChI=1S/C15H19N3O4S/c1-10(2)18-8-15(11(3)17-18)23(19,20)16-7-12-4-5-13-14(6-12)22-9-21-13/h4-6,8,10,16H,7,9H2,1-3H3. The van der Waals surface area contributed by atoms with E-state index in [1.54, 1.807) is 36.0 Å². The third kappa shape index (κ3) is 3.18. The number of fused-ring (bicyclic) bond motifs is 1. The highest BCUT2D eigenvalue weighted by Crippen LogP contribution is 2.32. The summed E-state index contributed by atoms with van der Waals surface area (Å²) in [5.74, 6) is 1.30. The minimum Gasteiger partial charge on any atom is -0.454 e. The zero-order chi connectivity index (χ0) is 16.6. The van der Waals surface area contributed by atoms with E-state index < -0.39 is 10.0 Å². The predicted octanol–water partition coefficient (Wildman–Crippen LogP) is 1.98. The first-order valence-corrected chi connectivity index (χ1v) is 8.79. The highest BCUT2D eigenvalue weighted by atomic mass is 32.2. The van der Waals surface area contributed by atoms with Gasteiger partial charge in [-0.3, -0.25) is 4.68 Å². The van der Waals surface area contributed by atoms with Crippen molar-refractivity contribution in [1.29, 1.82) is 0 Å². The van der Waals surface area contributed by atoms with Crippen LogP contribution in [0.25, 0.3) is 0 Å². The lowest BCUT2D eigenvalue weighted by atomic mass is 10.2. The second kappa shape index (κ2) is 5.86. The van der Waals surface area contributed by atoms with Gasteiger partial charge in [-0.1, -0.05) is 6.07 Å². The van der Waals surface area contributed by atoms with Crippen molar-refractivity contribution in [3.8, 4) is 11.5 Å². The number of hydrogen-bond acceptors (Lipinski definition) is 5. The smallest absolute Gasteiger partial charge is 0.244 e. The van der Waals surface area contributed by atoms with E-state index in [1.165, 1.54) is 0 Å². The van der Waals surface area contributed by atoms with Gasteiger partial charge in [0.1, 0.15) is 4.90 Å². The molecule has 8 heteroatoms. The average molecular weight is 337 g/mol. The molecular formula is C15H19N3O4S. The Morgan fingerprint density at radius 2 is 2.04 bits per heavy atom. The minimum absolute atomic E-state index is 0.103. The Morgan fingerprint density at radius 3 is 2.74 bits per heavy atom. The normalized spacial score (nSPS) is 13.7. The molecule has 0 saturated carbocycles. The van der Waals surface area contributed by atoms with Crippen LogP contribution in [-0.4, -0.2) is 25.0 Å². The summed E-state index contributed by atoms with van der Waals surface area (Å²) in [7, 11) is -3.62. The summed E-state index contributed by atoms with van der Waals surface area (Å²) in [6, 6.07) is 5.45. The molecule has 0 amide bonds. The quantitative estimate of drug-likeness (QED) is 0.902. The first-order chi connectivity index (χ1) is 10.9. The van der Waals surface area contributed by atoms with Crippen LogP contribution in [0.15, 0.2) is 29.3 Å². The van der Waals surface area contributed by atoms with Crippen LogP contribution in [0, 0.1) is 6.92 Å². The first kappa shape index (κ1) is 15.8. The van der Waals surface area contributed by atoms with Gasteiger partial charge in [0, 0.05) is 18.8 Å². The fourth-order valence-corrected chi connectivity index (χ4v) is 3.49. The Balaban J connectivity index is 1.76. The lowest BCUT2D eigenvalue weighted by molar-refractivity contribution is 0.174. The number of benzene rings is 1. The van der Waals surface area contributed by atoms with Crippen LogP contribution in [0.3, 0.4) is 0 Å². The zero-order valence-electron chi connectivity index (χ0n) is 13.2. The molecule has 7 nitrogen and oxygen atoms in total. The van der Waals surface area contributed by atoms with Gasteiger partial charge in [0.2, 0.25) is 16.8 Å². The summed E-state index contributed by atoms with van der Waals surface area (Å²) < 4.78 is 39.7. The van der Waals surface area contributed by atoms with Crippen LogP contribution in [0.2, 0.25) is 0 Å². The molecule has 0 bridgehead atoms. The topological polar surface area (TPSA) is 82.5 Å². The molecular weight excluding hydrogens is 318 g/mol. The van der Waals surface area contributed by atoms with Gasteiger partial charge in [0.25, 0.3) is 0 Å². The molecule has 1 aromatic carbocycles. The maximum Gasteiger partial charge on any atom is 0.244 e. The summed E-state index contributed by atoms with van der Waals surface area (Å²) in [5.41, 5.74) is 1.28. The Bertz CT molecular complexity index is 827. The van der Waals surface area contributed by atoms with Gasteiger partial charge in [0.05, 0.1) is 5.69 Å². The maximum atomic E-state index is 12.5. The third-order valence-electron chi connectivity index (χ3n) is 3.59. The third-order valence-corrected chi connectivity index (χ3v) is 5.10. The molecule has 23 heavy (non-hydrogen) atoms. The van der Waals surface area contributed by atoms with Crippen LogP contribution in [0.4, 0.5) is 0 Å². The van der Waals surface area contributed by atoms with Crippen LogP contribution in [0.5, 0.6) is 11.5 Å². The number of hydrogen-bond donors (Lipinski definition) is 1. The Labute approximate surface area is 135 Å². The Hall–Kier alpha value is -2.06. The van der Waals surface area contributed by atoms with E-state index >= 15 is 0 Å². The molecule has 0 fully saturated rings. The van der Waals surface area contributed by atoms with Crippen molar-refractivity contribution in [2.45, 2.75) is 38.3 Å². The fourth-order valence-electron chi connectivity index (χ4n) is 2.30. The number of sulfonamides is 1. The van der Waals surface area contributed by atoms with Gasteiger partial charge in [0.15, 0.2) is 11.5 Å². The number of rotatable bonds is 5. The largest absolute Gasteiger partial charge is 0.454 e. The summed E-state index contributed by atoms with van der Waals surface area (Å²) in [5, 5.41) is 4.24. The molecule has 1 N–H and O–H groups in total. The van der Waals surface area contributed by atoms with Crippen molar-refractivity contribution in [2.24, 2.45) is 0 Å². The summed E-state index contributed by atoms with van der Waals surface area (Å²) in [6.45, 7) is 5.95. The van der Waals surface area contributed by atoms with Crippen LogP contribution >= 0.6 is 0 Å². The number of ether oxygens (including phenoxy) is 2. The highest BCUT2D eigenvalue weighted by molar-refractivity contribution is 7.89. The molecule has 2 heterocycles. The minimum atomic E-state index is -3.62. The number of nitrogens with zero attached hydrogens (tertiary/aromatic N) is 2. The lowest BCUT2D eigenvalue weighted by Gasteiger charge is -2.07. The first-order valence-electron chi connectivity index (χ1n) is 7.31. The van der Waals surface area contributed by atoms with Gasteiger partial charge >= 0.3 is 0 Å². The van der Waals surface area contributed by atoms with Crippen molar-refractivity contribution in [3.63, 3.8) is 0 Å². The fraction of sp³-hybridized carbons (Fsp3) is 0.400. The molecule has 0 spiro atoms. The molecule has 1 aromatic heterocycles. The molecule has 124 valence electrons. The second-order valence-electron chi connectivity index (χ2n) is 5.66. The monoisotopic (exact) mass is 337 g/mol.